The molecular weight excluding hydrogens is 198 g/mol. The Bertz CT molecular complexity index is 380. The lowest BCUT2D eigenvalue weighted by Crippen LogP contribution is -2.34. The summed E-state index contributed by atoms with van der Waals surface area (Å²) in [6, 6.07) is 0. The smallest absolute Gasteiger partial charge is 0.328 e. The number of hydrogen-bond donors (Lipinski definition) is 2. The Morgan fingerprint density at radius 1 is 1.47 bits per heavy atom. The van der Waals surface area contributed by atoms with Crippen LogP contribution in [0.3, 0.4) is 0 Å². The maximum Gasteiger partial charge on any atom is 0.328 e. The molecule has 6 heteroatoms. The fourth-order valence-corrected chi connectivity index (χ4v) is 1.22. The van der Waals surface area contributed by atoms with Crippen LogP contribution >= 0.6 is 0 Å². The fourth-order valence-electron chi connectivity index (χ4n) is 1.22. The molecule has 0 radical (unpaired) electrons. The number of rotatable bonds is 5. The molecule has 1 aromatic heterocycles. The van der Waals surface area contributed by atoms with E-state index in [2.05, 4.69) is 5.32 Å². The SMILES string of the molecule is CCn1ccn(CC(=O)NCCO)c1=O. The second-order valence-electron chi connectivity index (χ2n) is 3.07. The van der Waals surface area contributed by atoms with Gasteiger partial charge in [0, 0.05) is 25.5 Å². The quantitative estimate of drug-likeness (QED) is 0.643. The largest absolute Gasteiger partial charge is 0.395 e. The van der Waals surface area contributed by atoms with Crippen molar-refractivity contribution in [2.75, 3.05) is 13.2 Å². The Morgan fingerprint density at radius 3 is 2.67 bits per heavy atom. The molecule has 0 atom stereocenters. The zero-order chi connectivity index (χ0) is 11.3. The van der Waals surface area contributed by atoms with Crippen molar-refractivity contribution in [3.8, 4) is 0 Å². The minimum Gasteiger partial charge on any atom is -0.395 e. The highest BCUT2D eigenvalue weighted by molar-refractivity contribution is 5.75. The van der Waals surface area contributed by atoms with Crippen LogP contribution < -0.4 is 11.0 Å². The molecule has 1 amide bonds. The van der Waals surface area contributed by atoms with Crippen LogP contribution in [-0.2, 0) is 17.9 Å². The minimum absolute atomic E-state index is 0.00810. The summed E-state index contributed by atoms with van der Waals surface area (Å²) in [6.07, 6.45) is 3.21. The van der Waals surface area contributed by atoms with E-state index in [0.717, 1.165) is 0 Å². The molecule has 1 heterocycles. The lowest BCUT2D eigenvalue weighted by Gasteiger charge is -2.02. The number of nitrogens with zero attached hydrogens (tertiary/aromatic N) is 2. The van der Waals surface area contributed by atoms with E-state index < -0.39 is 0 Å². The van der Waals surface area contributed by atoms with Gasteiger partial charge < -0.3 is 10.4 Å². The molecule has 0 unspecified atom stereocenters. The molecule has 0 saturated heterocycles. The van der Waals surface area contributed by atoms with Gasteiger partial charge in [0.05, 0.1) is 6.61 Å². The van der Waals surface area contributed by atoms with E-state index in [9.17, 15) is 9.59 Å². The normalized spacial score (nSPS) is 10.3. The van der Waals surface area contributed by atoms with E-state index in [1.54, 1.807) is 12.4 Å². The van der Waals surface area contributed by atoms with Gasteiger partial charge >= 0.3 is 5.69 Å². The second-order valence-corrected chi connectivity index (χ2v) is 3.07. The predicted molar refractivity (Wildman–Crippen MR) is 54.5 cm³/mol. The van der Waals surface area contributed by atoms with Crippen LogP contribution in [0.1, 0.15) is 6.92 Å². The highest BCUT2D eigenvalue weighted by Gasteiger charge is 2.05. The minimum atomic E-state index is -0.278. The van der Waals surface area contributed by atoms with Gasteiger partial charge in [-0.15, -0.1) is 0 Å². The molecule has 1 aromatic rings. The van der Waals surface area contributed by atoms with Gasteiger partial charge in [0.15, 0.2) is 0 Å². The number of carbonyl (C=O) groups excluding carboxylic acids is 1. The van der Waals surface area contributed by atoms with Crippen molar-refractivity contribution >= 4 is 5.91 Å². The van der Waals surface area contributed by atoms with Crippen LogP contribution in [0.5, 0.6) is 0 Å². The van der Waals surface area contributed by atoms with Crippen molar-refractivity contribution in [2.45, 2.75) is 20.0 Å². The topological polar surface area (TPSA) is 76.3 Å². The molecule has 6 nitrogen and oxygen atoms in total. The van der Waals surface area contributed by atoms with Gasteiger partial charge in [-0.25, -0.2) is 4.79 Å². The summed E-state index contributed by atoms with van der Waals surface area (Å²) in [6.45, 7) is 2.55. The highest BCUT2D eigenvalue weighted by atomic mass is 16.3. The Labute approximate surface area is 87.1 Å². The van der Waals surface area contributed by atoms with Crippen LogP contribution in [0.15, 0.2) is 17.2 Å². The van der Waals surface area contributed by atoms with E-state index in [4.69, 9.17) is 5.11 Å². The molecule has 0 aromatic carbocycles. The van der Waals surface area contributed by atoms with E-state index in [1.165, 1.54) is 9.13 Å². The molecule has 1 rings (SSSR count). The van der Waals surface area contributed by atoms with Gasteiger partial charge in [-0.3, -0.25) is 13.9 Å². The van der Waals surface area contributed by atoms with E-state index in [1.807, 2.05) is 6.92 Å². The Morgan fingerprint density at radius 2 is 2.13 bits per heavy atom. The molecule has 0 aliphatic rings. The van der Waals surface area contributed by atoms with Crippen LogP contribution in [0.2, 0.25) is 0 Å². The first-order valence-corrected chi connectivity index (χ1v) is 4.82. The molecule has 0 aliphatic heterocycles. The first-order valence-electron chi connectivity index (χ1n) is 4.82. The van der Waals surface area contributed by atoms with Crippen LogP contribution in [0.25, 0.3) is 0 Å². The third-order valence-corrected chi connectivity index (χ3v) is 2.01. The van der Waals surface area contributed by atoms with Crippen molar-refractivity contribution in [1.82, 2.24) is 14.5 Å². The monoisotopic (exact) mass is 213 g/mol. The van der Waals surface area contributed by atoms with Gasteiger partial charge in [0.25, 0.3) is 0 Å². The molecule has 0 aliphatic carbocycles. The van der Waals surface area contributed by atoms with Crippen LogP contribution in [0, 0.1) is 0 Å². The molecule has 0 bridgehead atoms. The highest BCUT2D eigenvalue weighted by Crippen LogP contribution is 1.85. The zero-order valence-corrected chi connectivity index (χ0v) is 8.64. The van der Waals surface area contributed by atoms with E-state index >= 15 is 0 Å². The summed E-state index contributed by atoms with van der Waals surface area (Å²) in [5.41, 5.74) is -0.198. The van der Waals surface area contributed by atoms with Gasteiger partial charge in [-0.05, 0) is 6.92 Å². The first kappa shape index (κ1) is 11.5. The van der Waals surface area contributed by atoms with Crippen molar-refractivity contribution in [2.24, 2.45) is 0 Å². The second kappa shape index (κ2) is 5.35. The Hall–Kier alpha value is -1.56. The maximum atomic E-state index is 11.5. The van der Waals surface area contributed by atoms with Crippen molar-refractivity contribution < 1.29 is 9.90 Å². The summed E-state index contributed by atoms with van der Waals surface area (Å²) < 4.78 is 2.84. The van der Waals surface area contributed by atoms with Crippen LogP contribution in [0.4, 0.5) is 0 Å². The number of nitrogens with one attached hydrogen (secondary N) is 1. The summed E-state index contributed by atoms with van der Waals surface area (Å²) >= 11 is 0. The molecule has 0 fully saturated rings. The summed E-state index contributed by atoms with van der Waals surface area (Å²) in [7, 11) is 0. The number of aryl methyl sites for hydroxylation is 1. The molecule has 0 spiro atoms. The fraction of sp³-hybridized carbons (Fsp3) is 0.556. The number of aliphatic hydroxyl groups is 1. The Balaban J connectivity index is 2.61. The molecule has 15 heavy (non-hydrogen) atoms. The molecule has 84 valence electrons. The Kier molecular flexibility index (Phi) is 4.11. The summed E-state index contributed by atoms with van der Waals surface area (Å²) in [4.78, 5) is 22.7. The number of aromatic nitrogens is 2. The van der Waals surface area contributed by atoms with Gasteiger partial charge in [-0.2, -0.15) is 0 Å². The number of imidazole rings is 1. The maximum absolute atomic E-state index is 11.5. The van der Waals surface area contributed by atoms with Gasteiger partial charge in [0.1, 0.15) is 6.54 Å². The van der Waals surface area contributed by atoms with Crippen molar-refractivity contribution in [1.29, 1.82) is 0 Å². The van der Waals surface area contributed by atoms with E-state index in [-0.39, 0.29) is 31.3 Å². The number of hydrogen-bond acceptors (Lipinski definition) is 3. The third-order valence-electron chi connectivity index (χ3n) is 2.01. The lowest BCUT2D eigenvalue weighted by atomic mass is 10.5. The summed E-state index contributed by atoms with van der Waals surface area (Å²) in [5, 5.41) is 11.0. The standard InChI is InChI=1S/C9H15N3O3/c1-2-11-4-5-12(9(11)15)7-8(14)10-3-6-13/h4-5,13H,2-3,6-7H2,1H3,(H,10,14). The van der Waals surface area contributed by atoms with Gasteiger partial charge in [-0.1, -0.05) is 0 Å². The molecular formula is C9H15N3O3. The zero-order valence-electron chi connectivity index (χ0n) is 8.64. The molecule has 2 N–H and O–H groups in total. The molecule has 0 saturated carbocycles. The number of carbonyl (C=O) groups is 1. The average Bonchev–Trinajstić information content (AvgIpc) is 2.57. The van der Waals surface area contributed by atoms with E-state index in [0.29, 0.717) is 6.54 Å². The number of aliphatic hydroxyl groups excluding tert-OH is 1. The summed E-state index contributed by atoms with van der Waals surface area (Å²) in [5.74, 6) is -0.278. The van der Waals surface area contributed by atoms with Crippen molar-refractivity contribution in [3.05, 3.63) is 22.9 Å². The van der Waals surface area contributed by atoms with Crippen molar-refractivity contribution in [3.63, 3.8) is 0 Å². The predicted octanol–water partition coefficient (Wildman–Crippen LogP) is -1.22. The average molecular weight is 213 g/mol. The lowest BCUT2D eigenvalue weighted by molar-refractivity contribution is -0.121. The van der Waals surface area contributed by atoms with Crippen LogP contribution in [-0.4, -0.2) is 33.3 Å². The number of amides is 1. The third kappa shape index (κ3) is 2.95. The first-order chi connectivity index (χ1) is 7.19. The van der Waals surface area contributed by atoms with Gasteiger partial charge in [0.2, 0.25) is 5.91 Å².